The van der Waals surface area contributed by atoms with E-state index in [-0.39, 0.29) is 17.9 Å². The molecule has 4 heterocycles. The third-order valence-electron chi connectivity index (χ3n) is 6.44. The zero-order valence-corrected chi connectivity index (χ0v) is 21.7. The lowest BCUT2D eigenvalue weighted by Crippen LogP contribution is -2.27. The number of nitrogens with zero attached hydrogens (tertiary/aromatic N) is 2. The van der Waals surface area contributed by atoms with Crippen molar-refractivity contribution in [1.82, 2.24) is 14.7 Å². The topological polar surface area (TPSA) is 151 Å². The molecule has 0 amide bonds. The van der Waals surface area contributed by atoms with Crippen LogP contribution in [0, 0.1) is 19.4 Å². The average Bonchev–Trinajstić information content (AvgIpc) is 3.55. The third-order valence-corrected chi connectivity index (χ3v) is 8.94. The standard InChI is InChI=1S/C23H25N4O6S3/c1-12-16(21-22-13(2-4-33-21)3-5-34-22)8-19(35-12)20(29)17-10-24-11-25-23(17)27-15-6-14(18(28)7-15)9-26-36(30,31)32/h3,5,8-11,14-15,18,21,26,28H,2,4,6-7H2,1H3,(H,24,25,27)(H,30,31,32)/t14-,15-,18+,21-/m1/s1. The Bertz CT molecular complexity index is 1370. The minimum Gasteiger partial charge on any atom is -0.393 e. The van der Waals surface area contributed by atoms with Crippen molar-refractivity contribution >= 4 is 44.6 Å². The van der Waals surface area contributed by atoms with Crippen molar-refractivity contribution in [3.63, 3.8) is 0 Å². The van der Waals surface area contributed by atoms with Crippen LogP contribution in [0.1, 0.15) is 55.1 Å². The van der Waals surface area contributed by atoms with Crippen LogP contribution in [0.5, 0.6) is 0 Å². The number of aliphatic hydroxyl groups excluding tert-OH is 1. The lowest BCUT2D eigenvalue weighted by molar-refractivity contribution is 0.0727. The van der Waals surface area contributed by atoms with E-state index in [4.69, 9.17) is 9.29 Å². The maximum absolute atomic E-state index is 13.5. The number of hydrogen-bond donors (Lipinski definition) is 4. The van der Waals surface area contributed by atoms with Crippen molar-refractivity contribution in [3.8, 4) is 0 Å². The van der Waals surface area contributed by atoms with Gasteiger partial charge in [0.1, 0.15) is 18.2 Å². The minimum atomic E-state index is -4.39. The van der Waals surface area contributed by atoms with Gasteiger partial charge < -0.3 is 15.2 Å². The van der Waals surface area contributed by atoms with Crippen LogP contribution in [0.3, 0.4) is 0 Å². The van der Waals surface area contributed by atoms with Gasteiger partial charge >= 0.3 is 10.3 Å². The smallest absolute Gasteiger partial charge is 0.333 e. The van der Waals surface area contributed by atoms with E-state index < -0.39 is 22.3 Å². The first-order chi connectivity index (χ1) is 17.2. The highest BCUT2D eigenvalue weighted by Crippen LogP contribution is 2.40. The lowest BCUT2D eigenvalue weighted by Gasteiger charge is -2.23. The molecule has 4 N–H and O–H groups in total. The second kappa shape index (κ2) is 10.2. The number of ether oxygens (including phenoxy) is 1. The van der Waals surface area contributed by atoms with Gasteiger partial charge in [0.25, 0.3) is 0 Å². The molecule has 1 aliphatic carbocycles. The highest BCUT2D eigenvalue weighted by Gasteiger charge is 2.35. The predicted octanol–water partition coefficient (Wildman–Crippen LogP) is 2.91. The van der Waals surface area contributed by atoms with Gasteiger partial charge in [0.2, 0.25) is 5.78 Å². The van der Waals surface area contributed by atoms with Gasteiger partial charge in [-0.25, -0.2) is 9.97 Å². The summed E-state index contributed by atoms with van der Waals surface area (Å²) in [5.74, 6) is -0.377. The number of aryl methyl sites for hydroxylation is 1. The number of thiophene rings is 2. The molecule has 3 aromatic rings. The SMILES string of the molecule is Cc1sc(C(=O)c2cncnc2N[C@H]2C[C@H](O)[C@@H]([CH]NS(=O)(=O)O)C2)cc1[C@H]1OCCc2ccsc21. The quantitative estimate of drug-likeness (QED) is 0.246. The number of fused-ring (bicyclic) bond motifs is 1. The van der Waals surface area contributed by atoms with Crippen molar-refractivity contribution in [2.75, 3.05) is 11.9 Å². The van der Waals surface area contributed by atoms with E-state index in [1.165, 1.54) is 34.3 Å². The van der Waals surface area contributed by atoms with Crippen molar-refractivity contribution in [2.45, 2.75) is 44.4 Å². The van der Waals surface area contributed by atoms with E-state index in [0.29, 0.717) is 35.7 Å². The Morgan fingerprint density at radius 3 is 2.97 bits per heavy atom. The molecule has 10 nitrogen and oxygen atoms in total. The van der Waals surface area contributed by atoms with Crippen molar-refractivity contribution < 1.29 is 27.6 Å². The van der Waals surface area contributed by atoms with Crippen LogP contribution in [-0.4, -0.2) is 52.6 Å². The number of rotatable bonds is 8. The molecule has 5 rings (SSSR count). The maximum Gasteiger partial charge on any atom is 0.333 e. The number of aromatic nitrogens is 2. The fourth-order valence-corrected chi connectivity index (χ4v) is 7.07. The third kappa shape index (κ3) is 5.37. The Morgan fingerprint density at radius 2 is 2.17 bits per heavy atom. The first-order valence-corrected chi connectivity index (χ1v) is 14.5. The van der Waals surface area contributed by atoms with Gasteiger partial charge in [-0.3, -0.25) is 9.35 Å². The van der Waals surface area contributed by atoms with Gasteiger partial charge in [-0.15, -0.1) is 22.7 Å². The molecular weight excluding hydrogens is 524 g/mol. The zero-order valence-electron chi connectivity index (χ0n) is 19.2. The molecule has 4 atom stereocenters. The van der Waals surface area contributed by atoms with E-state index in [1.54, 1.807) is 11.3 Å². The molecule has 0 spiro atoms. The molecule has 191 valence electrons. The van der Waals surface area contributed by atoms with Crippen molar-refractivity contribution in [3.05, 3.63) is 67.9 Å². The second-order valence-electron chi connectivity index (χ2n) is 8.85. The first kappa shape index (κ1) is 25.4. The maximum atomic E-state index is 13.5. The molecule has 0 aromatic carbocycles. The fraction of sp³-hybridized carbons (Fsp3) is 0.391. The van der Waals surface area contributed by atoms with Gasteiger partial charge in [-0.05, 0) is 49.3 Å². The minimum absolute atomic E-state index is 0.180. The van der Waals surface area contributed by atoms with Crippen LogP contribution < -0.4 is 10.0 Å². The number of anilines is 1. The molecule has 1 fully saturated rings. The molecule has 1 saturated carbocycles. The van der Waals surface area contributed by atoms with Crippen LogP contribution >= 0.6 is 22.7 Å². The summed E-state index contributed by atoms with van der Waals surface area (Å²) in [6.45, 7) is 3.79. The largest absolute Gasteiger partial charge is 0.393 e. The highest BCUT2D eigenvalue weighted by molar-refractivity contribution is 7.83. The summed E-state index contributed by atoms with van der Waals surface area (Å²) in [5.41, 5.74) is 2.59. The molecule has 1 aliphatic heterocycles. The Balaban J connectivity index is 1.33. The van der Waals surface area contributed by atoms with Crippen molar-refractivity contribution in [2.24, 2.45) is 5.92 Å². The van der Waals surface area contributed by atoms with Crippen LogP contribution in [0.4, 0.5) is 5.82 Å². The molecule has 0 saturated heterocycles. The Hall–Kier alpha value is -2.26. The van der Waals surface area contributed by atoms with Gasteiger partial charge in [-0.1, -0.05) is 0 Å². The average molecular weight is 550 g/mol. The summed E-state index contributed by atoms with van der Waals surface area (Å²) in [7, 11) is -4.39. The summed E-state index contributed by atoms with van der Waals surface area (Å²) in [6.07, 6.45) is 3.39. The first-order valence-electron chi connectivity index (χ1n) is 11.3. The lowest BCUT2D eigenvalue weighted by atomic mass is 10.0. The molecule has 1 radical (unpaired) electrons. The van der Waals surface area contributed by atoms with E-state index in [1.807, 2.05) is 17.7 Å². The molecule has 13 heteroatoms. The van der Waals surface area contributed by atoms with E-state index in [2.05, 4.69) is 26.7 Å². The van der Waals surface area contributed by atoms with Gasteiger partial charge in [0.15, 0.2) is 0 Å². The van der Waals surface area contributed by atoms with Gasteiger partial charge in [0.05, 0.1) is 23.2 Å². The molecule has 3 aromatic heterocycles. The molecule has 0 unspecified atom stereocenters. The monoisotopic (exact) mass is 549 g/mol. The summed E-state index contributed by atoms with van der Waals surface area (Å²) in [6, 6.07) is 3.76. The number of carbonyl (C=O) groups is 1. The number of ketones is 1. The molecule has 2 aliphatic rings. The summed E-state index contributed by atoms with van der Waals surface area (Å²) in [5, 5.41) is 15.6. The van der Waals surface area contributed by atoms with Gasteiger partial charge in [0, 0.05) is 40.0 Å². The van der Waals surface area contributed by atoms with Crippen LogP contribution in [0.25, 0.3) is 0 Å². The van der Waals surface area contributed by atoms with Crippen LogP contribution in [0.2, 0.25) is 0 Å². The Labute approximate surface area is 216 Å². The Kier molecular flexibility index (Phi) is 7.23. The number of hydrogen-bond acceptors (Lipinski definition) is 10. The van der Waals surface area contributed by atoms with Crippen LogP contribution in [-0.2, 0) is 21.5 Å². The Morgan fingerprint density at radius 1 is 1.33 bits per heavy atom. The molecule has 0 bridgehead atoms. The van der Waals surface area contributed by atoms with E-state index >= 15 is 0 Å². The zero-order chi connectivity index (χ0) is 25.4. The number of carbonyl (C=O) groups excluding carboxylic acids is 1. The summed E-state index contributed by atoms with van der Waals surface area (Å²) < 4.78 is 38.8. The van der Waals surface area contributed by atoms with E-state index in [9.17, 15) is 18.3 Å². The van der Waals surface area contributed by atoms with Crippen LogP contribution in [0.15, 0.2) is 30.0 Å². The summed E-state index contributed by atoms with van der Waals surface area (Å²) in [4.78, 5) is 24.6. The fourth-order valence-electron chi connectivity index (χ4n) is 4.70. The summed E-state index contributed by atoms with van der Waals surface area (Å²) >= 11 is 3.07. The molecular formula is C23H25N4O6S3. The second-order valence-corrected chi connectivity index (χ2v) is 12.2. The normalized spacial score (nSPS) is 24.0. The number of nitrogens with one attached hydrogen (secondary N) is 2. The van der Waals surface area contributed by atoms with Gasteiger partial charge in [-0.2, -0.15) is 13.1 Å². The predicted molar refractivity (Wildman–Crippen MR) is 135 cm³/mol. The van der Waals surface area contributed by atoms with Crippen molar-refractivity contribution in [1.29, 1.82) is 0 Å². The highest BCUT2D eigenvalue weighted by atomic mass is 32.2. The van der Waals surface area contributed by atoms with E-state index in [0.717, 1.165) is 23.4 Å². The number of aliphatic hydroxyl groups is 1. The molecule has 36 heavy (non-hydrogen) atoms.